The molecule has 0 spiro atoms. The Morgan fingerprint density at radius 2 is 2.12 bits per heavy atom. The zero-order chi connectivity index (χ0) is 12.1. The first-order chi connectivity index (χ1) is 8.28. The second-order valence-electron chi connectivity index (χ2n) is 3.38. The van der Waals surface area contributed by atoms with E-state index >= 15 is 0 Å². The third-order valence-electron chi connectivity index (χ3n) is 2.19. The van der Waals surface area contributed by atoms with Gasteiger partial charge in [-0.15, -0.1) is 10.2 Å². The summed E-state index contributed by atoms with van der Waals surface area (Å²) in [5.74, 6) is 1.16. The Kier molecular flexibility index (Phi) is 3.34. The molecule has 0 aliphatic heterocycles. The molecular weight excluding hydrogens is 220 g/mol. The van der Waals surface area contributed by atoms with Crippen LogP contribution in [0.15, 0.2) is 35.3 Å². The van der Waals surface area contributed by atoms with Crippen molar-refractivity contribution < 1.29 is 4.74 Å². The highest BCUT2D eigenvalue weighted by molar-refractivity contribution is 5.30. The molecular formula is C11H12N4O2. The lowest BCUT2D eigenvalue weighted by Crippen LogP contribution is -2.12. The van der Waals surface area contributed by atoms with Gasteiger partial charge in [0.2, 0.25) is 5.95 Å². The number of hydrogen-bond donors (Lipinski definition) is 2. The minimum absolute atomic E-state index is 0.280. The summed E-state index contributed by atoms with van der Waals surface area (Å²) in [4.78, 5) is 13.5. The van der Waals surface area contributed by atoms with Gasteiger partial charge in [-0.3, -0.25) is 9.78 Å². The van der Waals surface area contributed by atoms with Gasteiger partial charge in [0.05, 0.1) is 7.11 Å². The lowest BCUT2D eigenvalue weighted by Gasteiger charge is -2.05. The third-order valence-corrected chi connectivity index (χ3v) is 2.19. The van der Waals surface area contributed by atoms with Gasteiger partial charge in [-0.2, -0.15) is 0 Å². The number of H-pyrrole nitrogens is 1. The van der Waals surface area contributed by atoms with Gasteiger partial charge in [-0.05, 0) is 17.7 Å². The van der Waals surface area contributed by atoms with E-state index in [1.54, 1.807) is 7.11 Å². The van der Waals surface area contributed by atoms with Gasteiger partial charge in [0, 0.05) is 6.54 Å². The van der Waals surface area contributed by atoms with Crippen molar-refractivity contribution in [1.82, 2.24) is 15.2 Å². The molecule has 0 atom stereocenters. The molecule has 6 heteroatoms. The Bertz CT molecular complexity index is 536. The number of hydrogen-bond acceptors (Lipinski definition) is 5. The Labute approximate surface area is 97.7 Å². The molecule has 0 fully saturated rings. The number of aromatic nitrogens is 3. The number of anilines is 1. The molecule has 2 N–H and O–H groups in total. The first-order valence-electron chi connectivity index (χ1n) is 5.07. The molecule has 0 unspecified atom stereocenters. The molecule has 2 aromatic rings. The zero-order valence-corrected chi connectivity index (χ0v) is 9.30. The van der Waals surface area contributed by atoms with Crippen molar-refractivity contribution in [3.8, 4) is 5.75 Å². The van der Waals surface area contributed by atoms with E-state index in [9.17, 15) is 4.79 Å². The van der Waals surface area contributed by atoms with E-state index in [4.69, 9.17) is 4.74 Å². The van der Waals surface area contributed by atoms with Gasteiger partial charge in [0.15, 0.2) is 0 Å². The summed E-state index contributed by atoms with van der Waals surface area (Å²) in [7, 11) is 1.62. The molecule has 6 nitrogen and oxygen atoms in total. The maximum absolute atomic E-state index is 11.0. The Morgan fingerprint density at radius 3 is 2.76 bits per heavy atom. The van der Waals surface area contributed by atoms with Crippen molar-refractivity contribution in [2.24, 2.45) is 0 Å². The summed E-state index contributed by atoms with van der Waals surface area (Å²) in [6.45, 7) is 0.554. The summed E-state index contributed by atoms with van der Waals surface area (Å²) < 4.78 is 5.06. The van der Waals surface area contributed by atoms with Crippen LogP contribution in [0.25, 0.3) is 0 Å². The fourth-order valence-corrected chi connectivity index (χ4v) is 1.32. The highest BCUT2D eigenvalue weighted by Crippen LogP contribution is 2.11. The molecule has 0 saturated heterocycles. The van der Waals surface area contributed by atoms with Crippen LogP contribution in [0.5, 0.6) is 5.75 Å². The maximum atomic E-state index is 11.0. The van der Waals surface area contributed by atoms with Crippen LogP contribution in [0.1, 0.15) is 5.56 Å². The number of nitrogens with zero attached hydrogens (tertiary/aromatic N) is 2. The predicted octanol–water partition coefficient (Wildman–Crippen LogP) is 0.786. The Morgan fingerprint density at radius 1 is 1.35 bits per heavy atom. The van der Waals surface area contributed by atoms with Gasteiger partial charge in [0.25, 0.3) is 5.56 Å². The zero-order valence-electron chi connectivity index (χ0n) is 9.30. The average Bonchev–Trinajstić information content (AvgIpc) is 2.37. The average molecular weight is 232 g/mol. The minimum Gasteiger partial charge on any atom is -0.497 e. The lowest BCUT2D eigenvalue weighted by molar-refractivity contribution is 0.414. The number of ether oxygens (including phenoxy) is 1. The molecule has 0 bridgehead atoms. The smallest absolute Gasteiger partial charge is 0.271 e. The van der Waals surface area contributed by atoms with E-state index in [1.807, 2.05) is 24.3 Å². The Hall–Kier alpha value is -2.37. The fraction of sp³-hybridized carbons (Fsp3) is 0.182. The Balaban J connectivity index is 1.99. The summed E-state index contributed by atoms with van der Waals surface area (Å²) in [5.41, 5.74) is 0.773. The van der Waals surface area contributed by atoms with Crippen LogP contribution >= 0.6 is 0 Å². The molecule has 0 aliphatic rings. The highest BCUT2D eigenvalue weighted by Gasteiger charge is 1.97. The van der Waals surface area contributed by atoms with E-state index in [0.717, 1.165) is 17.5 Å². The van der Waals surface area contributed by atoms with Crippen molar-refractivity contribution >= 4 is 5.95 Å². The topological polar surface area (TPSA) is 79.9 Å². The first-order valence-corrected chi connectivity index (χ1v) is 5.07. The van der Waals surface area contributed by atoms with Crippen LogP contribution in [0.3, 0.4) is 0 Å². The van der Waals surface area contributed by atoms with Crippen molar-refractivity contribution in [3.63, 3.8) is 0 Å². The standard InChI is InChI=1S/C11H12N4O2/c1-17-9-4-2-8(3-5-9)6-12-11-14-10(16)7-13-15-11/h2-5,7H,6H2,1H3,(H2,12,14,15,16). The molecule has 1 heterocycles. The summed E-state index contributed by atoms with van der Waals surface area (Å²) >= 11 is 0. The molecule has 2 rings (SSSR count). The predicted molar refractivity (Wildman–Crippen MR) is 63.0 cm³/mol. The summed E-state index contributed by atoms with van der Waals surface area (Å²) in [6.07, 6.45) is 1.12. The quantitative estimate of drug-likeness (QED) is 0.814. The van der Waals surface area contributed by atoms with Crippen LogP contribution in [-0.2, 0) is 6.54 Å². The second-order valence-corrected chi connectivity index (χ2v) is 3.38. The van der Waals surface area contributed by atoms with E-state index in [0.29, 0.717) is 12.5 Å². The van der Waals surface area contributed by atoms with Crippen LogP contribution in [0.4, 0.5) is 5.95 Å². The molecule has 1 aromatic heterocycles. The van der Waals surface area contributed by atoms with Crippen molar-refractivity contribution in [2.45, 2.75) is 6.54 Å². The number of methoxy groups -OCH3 is 1. The van der Waals surface area contributed by atoms with Crippen LogP contribution in [0.2, 0.25) is 0 Å². The fourth-order valence-electron chi connectivity index (χ4n) is 1.32. The SMILES string of the molecule is COc1ccc(CNc2nncc(=O)[nH]2)cc1. The second kappa shape index (κ2) is 5.11. The third kappa shape index (κ3) is 3.04. The molecule has 1 aromatic carbocycles. The molecule has 0 amide bonds. The van der Waals surface area contributed by atoms with Gasteiger partial charge in [-0.1, -0.05) is 12.1 Å². The van der Waals surface area contributed by atoms with E-state index in [-0.39, 0.29) is 5.56 Å². The van der Waals surface area contributed by atoms with Gasteiger partial charge >= 0.3 is 0 Å². The maximum Gasteiger partial charge on any atom is 0.271 e. The largest absolute Gasteiger partial charge is 0.497 e. The molecule has 0 radical (unpaired) electrons. The van der Waals surface area contributed by atoms with Crippen LogP contribution in [0, 0.1) is 0 Å². The highest BCUT2D eigenvalue weighted by atomic mass is 16.5. The first kappa shape index (κ1) is 11.1. The number of nitrogens with one attached hydrogen (secondary N) is 2. The molecule has 0 saturated carbocycles. The summed E-state index contributed by atoms with van der Waals surface area (Å²) in [6, 6.07) is 7.60. The monoisotopic (exact) mass is 232 g/mol. The van der Waals surface area contributed by atoms with Crippen molar-refractivity contribution in [1.29, 1.82) is 0 Å². The van der Waals surface area contributed by atoms with Crippen molar-refractivity contribution in [3.05, 3.63) is 46.4 Å². The molecule has 0 aliphatic carbocycles. The summed E-state index contributed by atoms with van der Waals surface area (Å²) in [5, 5.41) is 10.3. The van der Waals surface area contributed by atoms with E-state index < -0.39 is 0 Å². The van der Waals surface area contributed by atoms with Gasteiger partial charge < -0.3 is 10.1 Å². The van der Waals surface area contributed by atoms with Crippen LogP contribution in [-0.4, -0.2) is 22.3 Å². The number of rotatable bonds is 4. The van der Waals surface area contributed by atoms with Crippen LogP contribution < -0.4 is 15.6 Å². The minimum atomic E-state index is -0.280. The van der Waals surface area contributed by atoms with E-state index in [2.05, 4.69) is 20.5 Å². The van der Waals surface area contributed by atoms with Crippen molar-refractivity contribution in [2.75, 3.05) is 12.4 Å². The number of aromatic amines is 1. The van der Waals surface area contributed by atoms with E-state index in [1.165, 1.54) is 0 Å². The number of benzene rings is 1. The van der Waals surface area contributed by atoms with Gasteiger partial charge in [-0.25, -0.2) is 0 Å². The molecule has 17 heavy (non-hydrogen) atoms. The lowest BCUT2D eigenvalue weighted by atomic mass is 10.2. The normalized spacial score (nSPS) is 9.94. The van der Waals surface area contributed by atoms with Gasteiger partial charge in [0.1, 0.15) is 11.9 Å². The molecule has 88 valence electrons.